The molecule has 2 heterocycles. The highest BCUT2D eigenvalue weighted by atomic mass is 16.5. The molecule has 0 spiro atoms. The van der Waals surface area contributed by atoms with Gasteiger partial charge in [-0.1, -0.05) is 36.4 Å². The van der Waals surface area contributed by atoms with Crippen molar-refractivity contribution in [3.05, 3.63) is 72.1 Å². The number of methoxy groups -OCH3 is 2. The van der Waals surface area contributed by atoms with E-state index in [-0.39, 0.29) is 5.91 Å². The zero-order valence-corrected chi connectivity index (χ0v) is 18.3. The smallest absolute Gasteiger partial charge is 0.264 e. The maximum Gasteiger partial charge on any atom is 0.264 e. The van der Waals surface area contributed by atoms with E-state index in [1.54, 1.807) is 24.3 Å². The topological polar surface area (TPSA) is 79.8 Å². The number of ether oxygens (including phenoxy) is 2. The summed E-state index contributed by atoms with van der Waals surface area (Å²) in [6.45, 7) is 4.55. The van der Waals surface area contributed by atoms with E-state index >= 15 is 0 Å². The number of anilines is 2. The van der Waals surface area contributed by atoms with Gasteiger partial charge in [0.2, 0.25) is 0 Å². The fourth-order valence-electron chi connectivity index (χ4n) is 3.82. The van der Waals surface area contributed by atoms with Crippen molar-refractivity contribution in [1.29, 1.82) is 0 Å². The van der Waals surface area contributed by atoms with Crippen molar-refractivity contribution in [2.45, 2.75) is 6.54 Å². The first kappa shape index (κ1) is 21.6. The summed E-state index contributed by atoms with van der Waals surface area (Å²) in [5.74, 6) is 1.74. The predicted molar refractivity (Wildman–Crippen MR) is 123 cm³/mol. The van der Waals surface area contributed by atoms with E-state index in [1.807, 2.05) is 6.07 Å². The summed E-state index contributed by atoms with van der Waals surface area (Å²) in [4.78, 5) is 26.2. The summed E-state index contributed by atoms with van der Waals surface area (Å²) < 4.78 is 10.7. The van der Waals surface area contributed by atoms with Crippen LogP contribution in [-0.4, -0.2) is 61.2 Å². The van der Waals surface area contributed by atoms with Gasteiger partial charge in [0.05, 0.1) is 14.2 Å². The SMILES string of the molecule is COc1cccc(OC)c1C(=O)Nc1cc(N2CCN(Cc3ccccc3)CC2)ncn1. The van der Waals surface area contributed by atoms with Gasteiger partial charge < -0.3 is 19.7 Å². The largest absolute Gasteiger partial charge is 0.496 e. The number of piperazine rings is 1. The molecule has 166 valence electrons. The number of carbonyl (C=O) groups excluding carboxylic acids is 1. The molecule has 0 atom stereocenters. The summed E-state index contributed by atoms with van der Waals surface area (Å²) in [6.07, 6.45) is 1.47. The molecular weight excluding hydrogens is 406 g/mol. The lowest BCUT2D eigenvalue weighted by Crippen LogP contribution is -2.46. The molecule has 2 aromatic carbocycles. The van der Waals surface area contributed by atoms with Gasteiger partial charge in [-0.2, -0.15) is 0 Å². The number of hydrogen-bond donors (Lipinski definition) is 1. The minimum absolute atomic E-state index is 0.326. The monoisotopic (exact) mass is 433 g/mol. The van der Waals surface area contributed by atoms with E-state index in [0.717, 1.165) is 38.5 Å². The van der Waals surface area contributed by atoms with Crippen LogP contribution in [0.25, 0.3) is 0 Å². The average Bonchev–Trinajstić information content (AvgIpc) is 2.84. The van der Waals surface area contributed by atoms with Crippen molar-refractivity contribution in [2.24, 2.45) is 0 Å². The minimum atomic E-state index is -0.350. The molecule has 4 rings (SSSR count). The van der Waals surface area contributed by atoms with E-state index < -0.39 is 0 Å². The maximum atomic E-state index is 12.9. The van der Waals surface area contributed by atoms with Gasteiger partial charge in [-0.05, 0) is 17.7 Å². The van der Waals surface area contributed by atoms with Crippen LogP contribution in [0.2, 0.25) is 0 Å². The number of rotatable bonds is 7. The van der Waals surface area contributed by atoms with Gasteiger partial charge in [-0.3, -0.25) is 9.69 Å². The van der Waals surface area contributed by atoms with Crippen molar-refractivity contribution in [2.75, 3.05) is 50.6 Å². The third-order valence-electron chi connectivity index (χ3n) is 5.49. The Bertz CT molecular complexity index is 1030. The number of nitrogens with one attached hydrogen (secondary N) is 1. The number of carbonyl (C=O) groups is 1. The zero-order chi connectivity index (χ0) is 22.3. The number of hydrogen-bond acceptors (Lipinski definition) is 7. The van der Waals surface area contributed by atoms with E-state index in [1.165, 1.54) is 26.1 Å². The molecule has 32 heavy (non-hydrogen) atoms. The molecular formula is C24H27N5O3. The highest BCUT2D eigenvalue weighted by Crippen LogP contribution is 2.29. The second kappa shape index (κ2) is 10.1. The van der Waals surface area contributed by atoms with Crippen LogP contribution in [0.3, 0.4) is 0 Å². The quantitative estimate of drug-likeness (QED) is 0.613. The first-order valence-corrected chi connectivity index (χ1v) is 10.5. The van der Waals surface area contributed by atoms with Crippen molar-refractivity contribution in [3.63, 3.8) is 0 Å². The minimum Gasteiger partial charge on any atom is -0.496 e. The van der Waals surface area contributed by atoms with Crippen LogP contribution in [0.15, 0.2) is 60.9 Å². The molecule has 1 fully saturated rings. The van der Waals surface area contributed by atoms with E-state index in [0.29, 0.717) is 22.9 Å². The Labute approximate surface area is 187 Å². The van der Waals surface area contributed by atoms with Crippen LogP contribution in [0, 0.1) is 0 Å². The summed E-state index contributed by atoms with van der Waals surface area (Å²) in [5, 5.41) is 2.84. The average molecular weight is 434 g/mol. The van der Waals surface area contributed by atoms with Gasteiger partial charge in [-0.25, -0.2) is 9.97 Å². The number of benzene rings is 2. The fraction of sp³-hybridized carbons (Fsp3) is 0.292. The summed E-state index contributed by atoms with van der Waals surface area (Å²) >= 11 is 0. The molecule has 3 aromatic rings. The lowest BCUT2D eigenvalue weighted by molar-refractivity contribution is 0.102. The molecule has 1 amide bonds. The third kappa shape index (κ3) is 4.97. The van der Waals surface area contributed by atoms with Crippen LogP contribution in [0.4, 0.5) is 11.6 Å². The Kier molecular flexibility index (Phi) is 6.81. The first-order chi connectivity index (χ1) is 15.7. The van der Waals surface area contributed by atoms with Crippen molar-refractivity contribution < 1.29 is 14.3 Å². The molecule has 8 heteroatoms. The molecule has 1 aliphatic heterocycles. The molecule has 8 nitrogen and oxygen atoms in total. The lowest BCUT2D eigenvalue weighted by Gasteiger charge is -2.35. The summed E-state index contributed by atoms with van der Waals surface area (Å²) in [6, 6.07) is 17.5. The molecule has 0 bridgehead atoms. The van der Waals surface area contributed by atoms with Crippen LogP contribution in [0.1, 0.15) is 15.9 Å². The molecule has 1 aliphatic rings. The van der Waals surface area contributed by atoms with Gasteiger partial charge in [0.1, 0.15) is 35.0 Å². The second-order valence-corrected chi connectivity index (χ2v) is 7.50. The fourth-order valence-corrected chi connectivity index (χ4v) is 3.82. The van der Waals surface area contributed by atoms with Crippen molar-refractivity contribution in [3.8, 4) is 11.5 Å². The molecule has 0 unspecified atom stereocenters. The maximum absolute atomic E-state index is 12.9. The highest BCUT2D eigenvalue weighted by molar-refractivity contribution is 6.07. The molecule has 0 saturated carbocycles. The number of nitrogens with zero attached hydrogens (tertiary/aromatic N) is 4. The van der Waals surface area contributed by atoms with Gasteiger partial charge in [0.15, 0.2) is 0 Å². The van der Waals surface area contributed by atoms with Gasteiger partial charge in [0, 0.05) is 38.8 Å². The Hall–Kier alpha value is -3.65. The number of aromatic nitrogens is 2. The zero-order valence-electron chi connectivity index (χ0n) is 18.3. The van der Waals surface area contributed by atoms with E-state index in [4.69, 9.17) is 9.47 Å². The van der Waals surface area contributed by atoms with Gasteiger partial charge in [0.25, 0.3) is 5.91 Å². The number of amides is 1. The lowest BCUT2D eigenvalue weighted by atomic mass is 10.1. The summed E-state index contributed by atoms with van der Waals surface area (Å²) in [7, 11) is 3.04. The molecule has 1 saturated heterocycles. The van der Waals surface area contributed by atoms with Crippen molar-refractivity contribution >= 4 is 17.5 Å². The van der Waals surface area contributed by atoms with E-state index in [2.05, 4.69) is 49.4 Å². The van der Waals surface area contributed by atoms with Crippen LogP contribution < -0.4 is 19.7 Å². The second-order valence-electron chi connectivity index (χ2n) is 7.50. The third-order valence-corrected chi connectivity index (χ3v) is 5.49. The summed E-state index contributed by atoms with van der Waals surface area (Å²) in [5.41, 5.74) is 1.65. The van der Waals surface area contributed by atoms with Crippen LogP contribution >= 0.6 is 0 Å². The molecule has 1 aromatic heterocycles. The Balaban J connectivity index is 1.41. The van der Waals surface area contributed by atoms with Crippen LogP contribution in [-0.2, 0) is 6.54 Å². The molecule has 1 N–H and O–H groups in total. The predicted octanol–water partition coefficient (Wildman–Crippen LogP) is 3.07. The van der Waals surface area contributed by atoms with E-state index in [9.17, 15) is 4.79 Å². The Morgan fingerprint density at radius 3 is 2.28 bits per heavy atom. The molecule has 0 radical (unpaired) electrons. The Morgan fingerprint density at radius 2 is 1.62 bits per heavy atom. The van der Waals surface area contributed by atoms with Crippen LogP contribution in [0.5, 0.6) is 11.5 Å². The molecule has 0 aliphatic carbocycles. The van der Waals surface area contributed by atoms with Gasteiger partial charge in [-0.15, -0.1) is 0 Å². The standard InChI is InChI=1S/C24H27N5O3/c1-31-19-9-6-10-20(32-2)23(19)24(30)27-21-15-22(26-17-25-21)29-13-11-28(12-14-29)16-18-7-4-3-5-8-18/h3-10,15,17H,11-14,16H2,1-2H3,(H,25,26,27,30). The normalized spacial score (nSPS) is 14.1. The van der Waals surface area contributed by atoms with Crippen molar-refractivity contribution in [1.82, 2.24) is 14.9 Å². The highest BCUT2D eigenvalue weighted by Gasteiger charge is 2.21. The van der Waals surface area contributed by atoms with Gasteiger partial charge >= 0.3 is 0 Å². The first-order valence-electron chi connectivity index (χ1n) is 10.5. The Morgan fingerprint density at radius 1 is 0.938 bits per heavy atom.